The third-order valence-corrected chi connectivity index (χ3v) is 7.50. The lowest BCUT2D eigenvalue weighted by molar-refractivity contribution is -0.116. The van der Waals surface area contributed by atoms with Gasteiger partial charge in [-0.25, -0.2) is 0 Å². The summed E-state index contributed by atoms with van der Waals surface area (Å²) < 4.78 is 0. The van der Waals surface area contributed by atoms with Crippen molar-refractivity contribution < 1.29 is 4.79 Å². The maximum atomic E-state index is 11.9. The van der Waals surface area contributed by atoms with Crippen LogP contribution >= 0.6 is 0 Å². The molecule has 0 amide bonds. The Morgan fingerprint density at radius 2 is 2.18 bits per heavy atom. The fraction of sp³-hybridized carbons (Fsp3) is 0.714. The van der Waals surface area contributed by atoms with Gasteiger partial charge in [0.05, 0.1) is 0 Å². The molecule has 0 saturated heterocycles. The summed E-state index contributed by atoms with van der Waals surface area (Å²) in [6.45, 7) is 6.39. The van der Waals surface area contributed by atoms with Crippen molar-refractivity contribution in [3.8, 4) is 0 Å². The summed E-state index contributed by atoms with van der Waals surface area (Å²) in [5.41, 5.74) is 5.12. The fourth-order valence-electron chi connectivity index (χ4n) is 6.60. The lowest BCUT2D eigenvalue weighted by Crippen LogP contribution is -2.48. The largest absolute Gasteiger partial charge is 0.295 e. The highest BCUT2D eigenvalue weighted by Crippen LogP contribution is 2.63. The second-order valence-corrected chi connectivity index (χ2v) is 8.50. The average molecular weight is 296 g/mol. The van der Waals surface area contributed by atoms with Crippen LogP contribution in [0.5, 0.6) is 0 Å². The maximum absolute atomic E-state index is 11.9. The van der Waals surface area contributed by atoms with E-state index in [0.29, 0.717) is 23.0 Å². The molecule has 1 nitrogen and oxygen atoms in total. The molecule has 0 bridgehead atoms. The van der Waals surface area contributed by atoms with Crippen LogP contribution in [0.2, 0.25) is 0 Å². The van der Waals surface area contributed by atoms with E-state index < -0.39 is 0 Å². The molecule has 0 aromatic heterocycles. The lowest BCUT2D eigenvalue weighted by atomic mass is 9.49. The number of allylic oxidation sites excluding steroid dienone is 2. The van der Waals surface area contributed by atoms with Crippen molar-refractivity contribution in [3.05, 3.63) is 30.0 Å². The number of hydrogen-bond acceptors (Lipinski definition) is 1. The molecule has 4 rings (SSSR count). The second-order valence-electron chi connectivity index (χ2n) is 8.50. The summed E-state index contributed by atoms with van der Waals surface area (Å²) in [7, 11) is 0. The van der Waals surface area contributed by atoms with Gasteiger partial charge in [-0.15, -0.1) is 5.73 Å². The molecule has 0 spiro atoms. The highest BCUT2D eigenvalue weighted by molar-refractivity contribution is 5.91. The first-order valence-corrected chi connectivity index (χ1v) is 9.21. The minimum absolute atomic E-state index is 0.354. The van der Waals surface area contributed by atoms with Crippen LogP contribution in [0.4, 0.5) is 0 Å². The first-order valence-electron chi connectivity index (χ1n) is 9.21. The number of ketones is 1. The smallest absolute Gasteiger partial charge is 0.155 e. The molecule has 6 atom stereocenters. The van der Waals surface area contributed by atoms with Gasteiger partial charge in [0, 0.05) is 6.42 Å². The number of carbonyl (C=O) groups is 1. The van der Waals surface area contributed by atoms with E-state index in [1.165, 1.54) is 37.7 Å². The SMILES string of the molecule is C=C=C[C@@H]1CC2=CC(=O)CC[C@@H]2[C@H]2CC[C@]3(C)CCC[C@H]3[C@@H]21. The fourth-order valence-corrected chi connectivity index (χ4v) is 6.60. The molecular weight excluding hydrogens is 268 g/mol. The molecule has 0 unspecified atom stereocenters. The van der Waals surface area contributed by atoms with Gasteiger partial charge in [-0.2, -0.15) is 0 Å². The first kappa shape index (κ1) is 14.5. The van der Waals surface area contributed by atoms with E-state index >= 15 is 0 Å². The highest BCUT2D eigenvalue weighted by Gasteiger charge is 2.54. The molecule has 22 heavy (non-hydrogen) atoms. The van der Waals surface area contributed by atoms with Crippen LogP contribution in [0.25, 0.3) is 0 Å². The third-order valence-electron chi connectivity index (χ3n) is 7.50. The summed E-state index contributed by atoms with van der Waals surface area (Å²) in [6.07, 6.45) is 14.3. The van der Waals surface area contributed by atoms with E-state index in [1.807, 2.05) is 6.08 Å². The molecule has 0 aliphatic heterocycles. The van der Waals surface area contributed by atoms with Gasteiger partial charge in [0.15, 0.2) is 5.78 Å². The van der Waals surface area contributed by atoms with Gasteiger partial charge in [-0.1, -0.05) is 25.5 Å². The Balaban J connectivity index is 1.73. The van der Waals surface area contributed by atoms with Gasteiger partial charge in [0.25, 0.3) is 0 Å². The molecule has 0 aromatic carbocycles. The number of hydrogen-bond donors (Lipinski definition) is 0. The van der Waals surface area contributed by atoms with E-state index in [9.17, 15) is 4.79 Å². The lowest BCUT2D eigenvalue weighted by Gasteiger charge is -2.55. The zero-order chi connectivity index (χ0) is 15.3. The molecule has 0 N–H and O–H groups in total. The zero-order valence-corrected chi connectivity index (χ0v) is 13.8. The molecule has 4 aliphatic carbocycles. The predicted molar refractivity (Wildman–Crippen MR) is 89.3 cm³/mol. The summed E-state index contributed by atoms with van der Waals surface area (Å²) >= 11 is 0. The van der Waals surface area contributed by atoms with Crippen molar-refractivity contribution in [2.24, 2.45) is 35.0 Å². The highest BCUT2D eigenvalue weighted by atomic mass is 16.1. The van der Waals surface area contributed by atoms with Crippen LogP contribution in [-0.4, -0.2) is 5.78 Å². The Labute approximate surface area is 134 Å². The standard InChI is InChI=1S/C21H28O/c1-3-5-14-12-15-13-16(22)7-8-17(15)18-9-11-21(2)10-4-6-19(21)20(14)18/h5,13-14,17-20H,1,4,6-12H2,2H3/t14-,17+,18-,19+,20-,21+/m1/s1. The van der Waals surface area contributed by atoms with Crippen molar-refractivity contribution in [3.63, 3.8) is 0 Å². The monoisotopic (exact) mass is 296 g/mol. The van der Waals surface area contributed by atoms with Crippen LogP contribution in [0.1, 0.15) is 58.3 Å². The number of carbonyl (C=O) groups excluding carboxylic acids is 1. The van der Waals surface area contributed by atoms with E-state index in [-0.39, 0.29) is 0 Å². The van der Waals surface area contributed by atoms with Crippen LogP contribution in [0.3, 0.4) is 0 Å². The molecule has 1 heteroatoms. The molecule has 3 fully saturated rings. The van der Waals surface area contributed by atoms with Gasteiger partial charge in [0.1, 0.15) is 0 Å². The minimum atomic E-state index is 0.354. The Bertz CT molecular complexity index is 564. The van der Waals surface area contributed by atoms with Gasteiger partial charge in [-0.3, -0.25) is 4.79 Å². The molecule has 118 valence electrons. The van der Waals surface area contributed by atoms with Crippen molar-refractivity contribution in [2.75, 3.05) is 0 Å². The van der Waals surface area contributed by atoms with E-state index in [1.54, 1.807) is 0 Å². The van der Waals surface area contributed by atoms with E-state index in [2.05, 4.69) is 25.3 Å². The normalized spacial score (nSPS) is 46.9. The van der Waals surface area contributed by atoms with Gasteiger partial charge in [-0.05, 0) is 85.7 Å². The first-order chi connectivity index (χ1) is 10.6. The van der Waals surface area contributed by atoms with Crippen LogP contribution in [-0.2, 0) is 4.79 Å². The number of fused-ring (bicyclic) bond motifs is 5. The van der Waals surface area contributed by atoms with Gasteiger partial charge in [0.2, 0.25) is 0 Å². The summed E-state index contributed by atoms with van der Waals surface area (Å²) in [5.74, 6) is 4.12. The summed E-state index contributed by atoms with van der Waals surface area (Å²) in [4.78, 5) is 11.9. The van der Waals surface area contributed by atoms with Gasteiger partial charge < -0.3 is 0 Å². The number of rotatable bonds is 1. The van der Waals surface area contributed by atoms with Gasteiger partial charge >= 0.3 is 0 Å². The van der Waals surface area contributed by atoms with E-state index in [0.717, 1.165) is 37.0 Å². The van der Waals surface area contributed by atoms with Crippen molar-refractivity contribution in [2.45, 2.75) is 58.3 Å². The zero-order valence-electron chi connectivity index (χ0n) is 13.8. The van der Waals surface area contributed by atoms with E-state index in [4.69, 9.17) is 0 Å². The van der Waals surface area contributed by atoms with Crippen LogP contribution in [0.15, 0.2) is 30.0 Å². The summed E-state index contributed by atoms with van der Waals surface area (Å²) in [5, 5.41) is 0. The molecule has 0 aromatic rings. The minimum Gasteiger partial charge on any atom is -0.295 e. The Morgan fingerprint density at radius 3 is 3.00 bits per heavy atom. The Morgan fingerprint density at radius 1 is 1.32 bits per heavy atom. The van der Waals surface area contributed by atoms with Crippen LogP contribution in [0, 0.1) is 35.0 Å². The molecule has 0 heterocycles. The molecular formula is C21H28O. The Kier molecular flexibility index (Phi) is 3.46. The maximum Gasteiger partial charge on any atom is 0.155 e. The van der Waals surface area contributed by atoms with Crippen molar-refractivity contribution in [1.82, 2.24) is 0 Å². The average Bonchev–Trinajstić information content (AvgIpc) is 2.88. The third kappa shape index (κ3) is 2.09. The van der Waals surface area contributed by atoms with Crippen molar-refractivity contribution >= 4 is 5.78 Å². The van der Waals surface area contributed by atoms with Crippen LogP contribution < -0.4 is 0 Å². The predicted octanol–water partition coefficient (Wildman–Crippen LogP) is 5.09. The molecule has 0 radical (unpaired) electrons. The quantitative estimate of drug-likeness (QED) is 0.616. The van der Waals surface area contributed by atoms with Crippen molar-refractivity contribution in [1.29, 1.82) is 0 Å². The topological polar surface area (TPSA) is 17.1 Å². The summed E-state index contributed by atoms with van der Waals surface area (Å²) in [6, 6.07) is 0. The molecule has 3 saturated carbocycles. The Hall–Kier alpha value is -1.07. The molecule has 4 aliphatic rings. The second kappa shape index (κ2) is 5.24.